The van der Waals surface area contributed by atoms with Crippen molar-refractivity contribution in [2.45, 2.75) is 77.4 Å². The van der Waals surface area contributed by atoms with Crippen LogP contribution >= 0.6 is 0 Å². The molecule has 26 heavy (non-hydrogen) atoms. The largest absolute Gasteiger partial charge is 0.478 e. The minimum atomic E-state index is -1.03. The molecule has 1 rings (SSSR count). The van der Waals surface area contributed by atoms with Gasteiger partial charge in [0.1, 0.15) is 0 Å². The van der Waals surface area contributed by atoms with E-state index in [1.165, 1.54) is 7.11 Å². The molecule has 1 aliphatic rings. The van der Waals surface area contributed by atoms with Gasteiger partial charge in [0.05, 0.1) is 18.9 Å². The van der Waals surface area contributed by atoms with Gasteiger partial charge in [-0.25, -0.2) is 4.79 Å². The van der Waals surface area contributed by atoms with Gasteiger partial charge in [-0.05, 0) is 30.8 Å². The molecule has 0 saturated heterocycles. The SMILES string of the molecule is COC(=O)CCCCCCC1=CC(O)C/C1=N/OC(CC(C)C)C(=O)O. The van der Waals surface area contributed by atoms with Crippen LogP contribution in [0.15, 0.2) is 16.8 Å². The number of carbonyl (C=O) groups excluding carboxylic acids is 1. The van der Waals surface area contributed by atoms with Crippen LogP contribution in [0.5, 0.6) is 0 Å². The molecule has 0 heterocycles. The average Bonchev–Trinajstić information content (AvgIpc) is 2.93. The zero-order valence-electron chi connectivity index (χ0n) is 15.9. The first-order chi connectivity index (χ1) is 12.3. The molecular weight excluding hydrogens is 338 g/mol. The van der Waals surface area contributed by atoms with E-state index in [1.54, 1.807) is 6.08 Å². The van der Waals surface area contributed by atoms with Gasteiger partial charge in [-0.3, -0.25) is 4.79 Å². The highest BCUT2D eigenvalue weighted by atomic mass is 16.6. The van der Waals surface area contributed by atoms with Crippen molar-refractivity contribution in [1.29, 1.82) is 0 Å². The average molecular weight is 369 g/mol. The lowest BCUT2D eigenvalue weighted by molar-refractivity contribution is -0.151. The van der Waals surface area contributed by atoms with E-state index in [4.69, 9.17) is 4.84 Å². The fourth-order valence-electron chi connectivity index (χ4n) is 2.82. The van der Waals surface area contributed by atoms with Gasteiger partial charge < -0.3 is 19.8 Å². The van der Waals surface area contributed by atoms with E-state index in [0.29, 0.717) is 25.0 Å². The summed E-state index contributed by atoms with van der Waals surface area (Å²) in [6, 6.07) is 0. The predicted molar refractivity (Wildman–Crippen MR) is 97.8 cm³/mol. The van der Waals surface area contributed by atoms with Crippen LogP contribution in [0.25, 0.3) is 0 Å². The number of esters is 1. The van der Waals surface area contributed by atoms with Crippen LogP contribution in [0, 0.1) is 5.92 Å². The van der Waals surface area contributed by atoms with Crippen LogP contribution < -0.4 is 0 Å². The Labute approximate surface area is 155 Å². The molecule has 2 unspecified atom stereocenters. The number of carboxylic acid groups (broad SMARTS) is 1. The van der Waals surface area contributed by atoms with E-state index < -0.39 is 18.2 Å². The number of allylic oxidation sites excluding steroid dienone is 1. The maximum absolute atomic E-state index is 11.2. The van der Waals surface area contributed by atoms with E-state index in [0.717, 1.165) is 37.7 Å². The number of aliphatic carboxylic acids is 1. The fourth-order valence-corrected chi connectivity index (χ4v) is 2.82. The van der Waals surface area contributed by atoms with Crippen LogP contribution in [0.2, 0.25) is 0 Å². The van der Waals surface area contributed by atoms with Crippen molar-refractivity contribution in [2.75, 3.05) is 7.11 Å². The number of rotatable bonds is 12. The summed E-state index contributed by atoms with van der Waals surface area (Å²) in [7, 11) is 1.39. The molecule has 0 bridgehead atoms. The molecule has 0 aliphatic heterocycles. The van der Waals surface area contributed by atoms with Crippen molar-refractivity contribution in [3.05, 3.63) is 11.6 Å². The normalized spacial score (nSPS) is 19.5. The molecule has 148 valence electrons. The topological polar surface area (TPSA) is 105 Å². The third-order valence-electron chi connectivity index (χ3n) is 4.22. The number of methoxy groups -OCH3 is 1. The van der Waals surface area contributed by atoms with E-state index in [2.05, 4.69) is 9.89 Å². The lowest BCUT2D eigenvalue weighted by Crippen LogP contribution is -2.24. The lowest BCUT2D eigenvalue weighted by Gasteiger charge is -2.13. The minimum absolute atomic E-state index is 0.186. The zero-order valence-corrected chi connectivity index (χ0v) is 15.9. The van der Waals surface area contributed by atoms with Gasteiger partial charge in [-0.15, -0.1) is 0 Å². The Morgan fingerprint density at radius 3 is 2.58 bits per heavy atom. The maximum Gasteiger partial charge on any atom is 0.347 e. The molecule has 1 aliphatic carbocycles. The molecule has 0 aromatic heterocycles. The summed E-state index contributed by atoms with van der Waals surface area (Å²) in [5, 5.41) is 23.1. The highest BCUT2D eigenvalue weighted by Crippen LogP contribution is 2.23. The lowest BCUT2D eigenvalue weighted by atomic mass is 10.0. The summed E-state index contributed by atoms with van der Waals surface area (Å²) in [5.41, 5.74) is 1.54. The summed E-state index contributed by atoms with van der Waals surface area (Å²) < 4.78 is 4.60. The third-order valence-corrected chi connectivity index (χ3v) is 4.22. The number of nitrogens with zero attached hydrogens (tertiary/aromatic N) is 1. The number of aliphatic hydroxyl groups is 1. The third kappa shape index (κ3) is 8.47. The standard InChI is InChI=1S/C19H31NO6/c1-13(2)10-17(19(23)24)26-20-16-12-15(21)11-14(16)8-6-4-5-7-9-18(22)25-3/h11,13,15,17,21H,4-10,12H2,1-3H3,(H,23,24)/b20-16-. The summed E-state index contributed by atoms with van der Waals surface area (Å²) in [4.78, 5) is 27.5. The molecule has 2 N–H and O–H groups in total. The molecular formula is C19H31NO6. The van der Waals surface area contributed by atoms with Crippen molar-refractivity contribution in [2.24, 2.45) is 11.1 Å². The Hall–Kier alpha value is -1.89. The molecule has 0 saturated carbocycles. The van der Waals surface area contributed by atoms with E-state index in [9.17, 15) is 19.8 Å². The number of carbonyl (C=O) groups is 2. The number of unbranched alkanes of at least 4 members (excludes halogenated alkanes) is 3. The Kier molecular flexibility index (Phi) is 9.95. The van der Waals surface area contributed by atoms with Crippen molar-refractivity contribution < 1.29 is 29.4 Å². The van der Waals surface area contributed by atoms with Gasteiger partial charge in [-0.1, -0.05) is 37.9 Å². The van der Waals surface area contributed by atoms with Crippen LogP contribution in [0.4, 0.5) is 0 Å². The first-order valence-corrected chi connectivity index (χ1v) is 9.25. The summed E-state index contributed by atoms with van der Waals surface area (Å²) >= 11 is 0. The predicted octanol–water partition coefficient (Wildman–Crippen LogP) is 3.06. The van der Waals surface area contributed by atoms with Crippen molar-refractivity contribution >= 4 is 17.7 Å². The van der Waals surface area contributed by atoms with Gasteiger partial charge in [0.2, 0.25) is 6.10 Å². The number of hydrogen-bond acceptors (Lipinski definition) is 6. The number of hydrogen-bond donors (Lipinski definition) is 2. The minimum Gasteiger partial charge on any atom is -0.478 e. The molecule has 0 fully saturated rings. The van der Waals surface area contributed by atoms with Crippen molar-refractivity contribution in [3.63, 3.8) is 0 Å². The fraction of sp³-hybridized carbons (Fsp3) is 0.737. The number of oxime groups is 1. The van der Waals surface area contributed by atoms with Gasteiger partial charge >= 0.3 is 11.9 Å². The van der Waals surface area contributed by atoms with E-state index in [1.807, 2.05) is 13.8 Å². The number of ether oxygens (including phenoxy) is 1. The summed E-state index contributed by atoms with van der Waals surface area (Å²) in [5.74, 6) is -1.03. The van der Waals surface area contributed by atoms with Gasteiger partial charge in [0.15, 0.2) is 0 Å². The monoisotopic (exact) mass is 369 g/mol. The second-order valence-corrected chi connectivity index (χ2v) is 7.05. The van der Waals surface area contributed by atoms with Gasteiger partial charge in [0, 0.05) is 19.3 Å². The first kappa shape index (κ1) is 22.2. The van der Waals surface area contributed by atoms with Crippen molar-refractivity contribution in [1.82, 2.24) is 0 Å². The second kappa shape index (κ2) is 11.7. The van der Waals surface area contributed by atoms with Gasteiger partial charge in [0.25, 0.3) is 0 Å². The smallest absolute Gasteiger partial charge is 0.347 e. The molecule has 0 aromatic carbocycles. The molecule has 7 heteroatoms. The molecule has 0 amide bonds. The quantitative estimate of drug-likeness (QED) is 0.311. The Morgan fingerprint density at radius 1 is 1.27 bits per heavy atom. The van der Waals surface area contributed by atoms with Crippen LogP contribution in [0.1, 0.15) is 65.2 Å². The molecule has 0 aromatic rings. The first-order valence-electron chi connectivity index (χ1n) is 9.25. The van der Waals surface area contributed by atoms with E-state index in [-0.39, 0.29) is 11.9 Å². The Balaban J connectivity index is 2.44. The highest BCUT2D eigenvalue weighted by molar-refractivity contribution is 6.02. The van der Waals surface area contributed by atoms with Crippen LogP contribution in [-0.4, -0.2) is 47.2 Å². The highest BCUT2D eigenvalue weighted by Gasteiger charge is 2.24. The Morgan fingerprint density at radius 2 is 1.96 bits per heavy atom. The summed E-state index contributed by atoms with van der Waals surface area (Å²) in [6.07, 6.45) is 5.71. The van der Waals surface area contributed by atoms with Crippen molar-refractivity contribution in [3.8, 4) is 0 Å². The van der Waals surface area contributed by atoms with Gasteiger partial charge in [-0.2, -0.15) is 0 Å². The molecule has 2 atom stereocenters. The molecule has 7 nitrogen and oxygen atoms in total. The second-order valence-electron chi connectivity index (χ2n) is 7.05. The number of aliphatic hydroxyl groups excluding tert-OH is 1. The molecule has 0 radical (unpaired) electrons. The summed E-state index contributed by atoms with van der Waals surface area (Å²) in [6.45, 7) is 3.86. The Bertz CT molecular complexity index is 526. The van der Waals surface area contributed by atoms with Crippen LogP contribution in [-0.2, 0) is 19.2 Å². The maximum atomic E-state index is 11.2. The molecule has 0 spiro atoms. The zero-order chi connectivity index (χ0) is 19.5. The number of carboxylic acids is 1. The van der Waals surface area contributed by atoms with E-state index >= 15 is 0 Å². The van der Waals surface area contributed by atoms with Crippen LogP contribution in [0.3, 0.4) is 0 Å².